The molecule has 0 atom stereocenters. The van der Waals surface area contributed by atoms with Gasteiger partial charge in [0.05, 0.1) is 14.2 Å². The van der Waals surface area contributed by atoms with E-state index in [9.17, 15) is 0 Å². The molecule has 0 unspecified atom stereocenters. The Hall–Kier alpha value is -2.24. The van der Waals surface area contributed by atoms with E-state index in [1.807, 2.05) is 6.07 Å². The quantitative estimate of drug-likeness (QED) is 0.364. The van der Waals surface area contributed by atoms with E-state index in [4.69, 9.17) is 9.47 Å². The normalized spacial score (nSPS) is 14.2. The second kappa shape index (κ2) is 14.2. The fourth-order valence-electron chi connectivity index (χ4n) is 4.62. The summed E-state index contributed by atoms with van der Waals surface area (Å²) in [5.41, 5.74) is 4.08. The lowest BCUT2D eigenvalue weighted by molar-refractivity contribution is 0.125. The van der Waals surface area contributed by atoms with Gasteiger partial charge in [0.25, 0.3) is 0 Å². The van der Waals surface area contributed by atoms with Crippen molar-refractivity contribution in [1.29, 1.82) is 0 Å². The van der Waals surface area contributed by atoms with E-state index in [0.717, 1.165) is 57.2 Å². The molecule has 0 aliphatic carbocycles. The molecule has 3 aromatic carbocycles. The Labute approximate surface area is 216 Å². The molecule has 6 heteroatoms. The molecule has 0 N–H and O–H groups in total. The van der Waals surface area contributed by atoms with Crippen molar-refractivity contribution in [2.24, 2.45) is 0 Å². The van der Waals surface area contributed by atoms with Crippen molar-refractivity contribution in [3.05, 3.63) is 95.6 Å². The Bertz CT molecular complexity index is 925. The van der Waals surface area contributed by atoms with Crippen LogP contribution in [0.5, 0.6) is 11.5 Å². The predicted molar refractivity (Wildman–Crippen MR) is 145 cm³/mol. The lowest BCUT2D eigenvalue weighted by Crippen LogP contribution is -2.46. The van der Waals surface area contributed by atoms with Crippen LogP contribution >= 0.6 is 24.8 Å². The molecule has 1 aliphatic rings. The Morgan fingerprint density at radius 3 is 1.74 bits per heavy atom. The number of piperazine rings is 1. The van der Waals surface area contributed by atoms with Gasteiger partial charge in [-0.1, -0.05) is 66.7 Å². The van der Waals surface area contributed by atoms with Gasteiger partial charge < -0.3 is 14.4 Å². The molecule has 4 rings (SSSR count). The summed E-state index contributed by atoms with van der Waals surface area (Å²) < 4.78 is 10.8. The van der Waals surface area contributed by atoms with Gasteiger partial charge in [0.1, 0.15) is 0 Å². The molecule has 0 saturated carbocycles. The second-order valence-corrected chi connectivity index (χ2v) is 8.47. The summed E-state index contributed by atoms with van der Waals surface area (Å²) in [7, 11) is 3.37. The average molecular weight is 504 g/mol. The average Bonchev–Trinajstić information content (AvgIpc) is 2.86. The highest BCUT2D eigenvalue weighted by atomic mass is 35.5. The van der Waals surface area contributed by atoms with Crippen LogP contribution in [0.2, 0.25) is 0 Å². The van der Waals surface area contributed by atoms with Crippen LogP contribution in [0.15, 0.2) is 78.9 Å². The molecular weight excluding hydrogens is 467 g/mol. The van der Waals surface area contributed by atoms with Gasteiger partial charge in [-0.25, -0.2) is 0 Å². The van der Waals surface area contributed by atoms with E-state index in [0.29, 0.717) is 5.92 Å². The van der Waals surface area contributed by atoms with Crippen molar-refractivity contribution in [1.82, 2.24) is 9.80 Å². The molecule has 4 nitrogen and oxygen atoms in total. The van der Waals surface area contributed by atoms with Crippen LogP contribution in [-0.4, -0.2) is 56.7 Å². The number of rotatable bonds is 9. The molecule has 0 bridgehead atoms. The largest absolute Gasteiger partial charge is 0.493 e. The molecule has 1 fully saturated rings. The predicted octanol–water partition coefficient (Wildman–Crippen LogP) is 5.89. The molecule has 0 aromatic heterocycles. The van der Waals surface area contributed by atoms with Crippen molar-refractivity contribution in [3.63, 3.8) is 0 Å². The fraction of sp³-hybridized carbons (Fsp3) is 0.357. The maximum atomic E-state index is 5.46. The molecule has 0 spiro atoms. The molecule has 1 heterocycles. The van der Waals surface area contributed by atoms with Crippen LogP contribution in [0.3, 0.4) is 0 Å². The molecule has 184 valence electrons. The Morgan fingerprint density at radius 1 is 0.676 bits per heavy atom. The summed E-state index contributed by atoms with van der Waals surface area (Å²) in [6.07, 6.45) is 1.14. The van der Waals surface area contributed by atoms with Crippen LogP contribution in [0, 0.1) is 0 Å². The van der Waals surface area contributed by atoms with Gasteiger partial charge >= 0.3 is 0 Å². The topological polar surface area (TPSA) is 24.9 Å². The van der Waals surface area contributed by atoms with E-state index in [1.165, 1.54) is 16.7 Å². The van der Waals surface area contributed by atoms with Gasteiger partial charge in [0, 0.05) is 38.6 Å². The summed E-state index contributed by atoms with van der Waals surface area (Å²) in [6, 6.07) is 28.1. The SMILES string of the molecule is COc1ccc(CN2CCN(CCC(c3ccccc3)c3ccccc3)CC2)cc1OC.Cl.Cl. The first-order valence-corrected chi connectivity index (χ1v) is 11.5. The van der Waals surface area contributed by atoms with E-state index in [-0.39, 0.29) is 24.8 Å². The number of hydrogen-bond acceptors (Lipinski definition) is 4. The van der Waals surface area contributed by atoms with Crippen LogP contribution in [0.1, 0.15) is 29.0 Å². The van der Waals surface area contributed by atoms with Crippen LogP contribution in [0.25, 0.3) is 0 Å². The van der Waals surface area contributed by atoms with Gasteiger partial charge in [0.2, 0.25) is 0 Å². The van der Waals surface area contributed by atoms with Gasteiger partial charge in [-0.2, -0.15) is 0 Å². The van der Waals surface area contributed by atoms with E-state index < -0.39 is 0 Å². The minimum Gasteiger partial charge on any atom is -0.493 e. The second-order valence-electron chi connectivity index (χ2n) is 8.47. The van der Waals surface area contributed by atoms with Crippen molar-refractivity contribution >= 4 is 24.8 Å². The zero-order valence-electron chi connectivity index (χ0n) is 20.1. The first kappa shape index (κ1) is 28.0. The zero-order valence-corrected chi connectivity index (χ0v) is 21.7. The number of ether oxygens (including phenoxy) is 2. The lowest BCUT2D eigenvalue weighted by Gasteiger charge is -2.35. The molecule has 3 aromatic rings. The van der Waals surface area contributed by atoms with Crippen molar-refractivity contribution in [2.75, 3.05) is 46.9 Å². The number of hydrogen-bond donors (Lipinski definition) is 0. The molecule has 0 radical (unpaired) electrons. The van der Waals surface area contributed by atoms with Gasteiger partial charge in [-0.15, -0.1) is 24.8 Å². The van der Waals surface area contributed by atoms with Crippen molar-refractivity contribution in [2.45, 2.75) is 18.9 Å². The zero-order chi connectivity index (χ0) is 22.2. The number of halogens is 2. The fourth-order valence-corrected chi connectivity index (χ4v) is 4.62. The van der Waals surface area contributed by atoms with Gasteiger partial charge in [0.15, 0.2) is 11.5 Å². The minimum atomic E-state index is 0. The first-order valence-electron chi connectivity index (χ1n) is 11.5. The van der Waals surface area contributed by atoms with Crippen LogP contribution < -0.4 is 9.47 Å². The third kappa shape index (κ3) is 7.38. The Morgan fingerprint density at radius 2 is 1.21 bits per heavy atom. The maximum Gasteiger partial charge on any atom is 0.161 e. The molecular formula is C28H36Cl2N2O2. The highest BCUT2D eigenvalue weighted by Gasteiger charge is 2.20. The van der Waals surface area contributed by atoms with Crippen LogP contribution in [-0.2, 0) is 6.54 Å². The highest BCUT2D eigenvalue weighted by molar-refractivity contribution is 5.85. The number of methoxy groups -OCH3 is 2. The highest BCUT2D eigenvalue weighted by Crippen LogP contribution is 2.29. The van der Waals surface area contributed by atoms with Crippen molar-refractivity contribution < 1.29 is 9.47 Å². The number of nitrogens with zero attached hydrogens (tertiary/aromatic N) is 2. The molecule has 1 saturated heterocycles. The van der Waals surface area contributed by atoms with E-state index >= 15 is 0 Å². The third-order valence-electron chi connectivity index (χ3n) is 6.46. The summed E-state index contributed by atoms with van der Waals surface area (Å²) in [5, 5.41) is 0. The molecule has 1 aliphatic heterocycles. The first-order chi connectivity index (χ1) is 15.8. The van der Waals surface area contributed by atoms with Gasteiger partial charge in [-0.3, -0.25) is 4.90 Å². The lowest BCUT2D eigenvalue weighted by atomic mass is 9.88. The summed E-state index contributed by atoms with van der Waals surface area (Å²) in [4.78, 5) is 5.15. The standard InChI is InChI=1S/C28H34N2O2.2ClH/c1-31-27-14-13-23(21-28(27)32-2)22-30-19-17-29(18-20-30)16-15-26(24-9-5-3-6-10-24)25-11-7-4-8-12-25;;/h3-14,21,26H,15-20,22H2,1-2H3;2*1H. The summed E-state index contributed by atoms with van der Waals surface area (Å²) >= 11 is 0. The maximum absolute atomic E-state index is 5.46. The number of benzene rings is 3. The minimum absolute atomic E-state index is 0. The molecule has 0 amide bonds. The van der Waals surface area contributed by atoms with E-state index in [1.54, 1.807) is 14.2 Å². The van der Waals surface area contributed by atoms with Gasteiger partial charge in [-0.05, 0) is 41.8 Å². The van der Waals surface area contributed by atoms with Crippen molar-refractivity contribution in [3.8, 4) is 11.5 Å². The van der Waals surface area contributed by atoms with Crippen LogP contribution in [0.4, 0.5) is 0 Å². The molecule has 34 heavy (non-hydrogen) atoms. The van der Waals surface area contributed by atoms with E-state index in [2.05, 4.69) is 82.6 Å². The Balaban J connectivity index is 0.00000204. The third-order valence-corrected chi connectivity index (χ3v) is 6.46. The Kier molecular flexibility index (Phi) is 11.7. The summed E-state index contributed by atoms with van der Waals surface area (Å²) in [6.45, 7) is 6.49. The summed E-state index contributed by atoms with van der Waals surface area (Å²) in [5.74, 6) is 2.03. The smallest absolute Gasteiger partial charge is 0.161 e. The monoisotopic (exact) mass is 502 g/mol.